The van der Waals surface area contributed by atoms with Gasteiger partial charge < -0.3 is 10.6 Å². The van der Waals surface area contributed by atoms with Crippen LogP contribution in [0.5, 0.6) is 0 Å². The van der Waals surface area contributed by atoms with Gasteiger partial charge in [-0.3, -0.25) is 4.21 Å². The van der Waals surface area contributed by atoms with E-state index in [9.17, 15) is 4.21 Å². The summed E-state index contributed by atoms with van der Waals surface area (Å²) in [6.07, 6.45) is 5.02. The molecule has 5 nitrogen and oxygen atoms in total. The van der Waals surface area contributed by atoms with E-state index in [-0.39, 0.29) is 0 Å². The first-order chi connectivity index (χ1) is 8.15. The van der Waals surface area contributed by atoms with Crippen molar-refractivity contribution in [3.8, 4) is 0 Å². The average Bonchev–Trinajstić information content (AvgIpc) is 2.86. The van der Waals surface area contributed by atoms with Crippen LogP contribution in [0.15, 0.2) is 5.03 Å². The molecule has 1 aliphatic heterocycles. The number of nitrogen functional groups attached to an aromatic ring is 1. The van der Waals surface area contributed by atoms with E-state index >= 15 is 0 Å². The third-order valence-electron chi connectivity index (χ3n) is 3.04. The van der Waals surface area contributed by atoms with Gasteiger partial charge in [0, 0.05) is 25.9 Å². The standard InChI is InChI=1S/C11H20N4OS/c1-3-6-15-11(14-7-4-5-8-14)9(12)10(13-15)17(2)16/h3-8,12H2,1-2H3. The van der Waals surface area contributed by atoms with Crippen molar-refractivity contribution in [2.45, 2.75) is 37.8 Å². The molecular formula is C11H20N4OS. The van der Waals surface area contributed by atoms with E-state index < -0.39 is 10.8 Å². The second kappa shape index (κ2) is 5.08. The molecule has 1 saturated heterocycles. The molecule has 2 N–H and O–H groups in total. The van der Waals surface area contributed by atoms with E-state index in [0.29, 0.717) is 10.7 Å². The zero-order chi connectivity index (χ0) is 12.4. The molecule has 0 bridgehead atoms. The number of rotatable bonds is 4. The first-order valence-corrected chi connectivity index (χ1v) is 7.65. The predicted molar refractivity (Wildman–Crippen MR) is 70.7 cm³/mol. The van der Waals surface area contributed by atoms with Crippen molar-refractivity contribution in [3.05, 3.63) is 0 Å². The molecule has 96 valence electrons. The Morgan fingerprint density at radius 1 is 1.41 bits per heavy atom. The van der Waals surface area contributed by atoms with E-state index in [0.717, 1.165) is 31.9 Å². The van der Waals surface area contributed by atoms with Crippen LogP contribution >= 0.6 is 0 Å². The summed E-state index contributed by atoms with van der Waals surface area (Å²) in [6.45, 7) is 4.98. The Labute approximate surface area is 104 Å². The summed E-state index contributed by atoms with van der Waals surface area (Å²) < 4.78 is 13.5. The van der Waals surface area contributed by atoms with E-state index in [1.165, 1.54) is 12.8 Å². The zero-order valence-corrected chi connectivity index (χ0v) is 11.3. The van der Waals surface area contributed by atoms with E-state index in [2.05, 4.69) is 16.9 Å². The molecule has 2 heterocycles. The predicted octanol–water partition coefficient (Wildman–Crippen LogP) is 1.21. The van der Waals surface area contributed by atoms with Gasteiger partial charge in [-0.1, -0.05) is 6.92 Å². The molecule has 1 atom stereocenters. The molecule has 0 saturated carbocycles. The van der Waals surface area contributed by atoms with Crippen LogP contribution in [-0.2, 0) is 17.3 Å². The number of hydrogen-bond donors (Lipinski definition) is 1. The van der Waals surface area contributed by atoms with Crippen molar-refractivity contribution < 1.29 is 4.21 Å². The minimum atomic E-state index is -1.12. The minimum absolute atomic E-state index is 0.528. The molecule has 0 aromatic carbocycles. The Kier molecular flexibility index (Phi) is 3.71. The number of anilines is 2. The van der Waals surface area contributed by atoms with Crippen LogP contribution < -0.4 is 10.6 Å². The average molecular weight is 256 g/mol. The smallest absolute Gasteiger partial charge is 0.174 e. The highest BCUT2D eigenvalue weighted by Crippen LogP contribution is 2.31. The first kappa shape index (κ1) is 12.4. The Hall–Kier alpha value is -1.04. The van der Waals surface area contributed by atoms with Gasteiger partial charge in [0.15, 0.2) is 10.8 Å². The summed E-state index contributed by atoms with van der Waals surface area (Å²) in [6, 6.07) is 0. The highest BCUT2D eigenvalue weighted by Gasteiger charge is 2.24. The lowest BCUT2D eigenvalue weighted by atomic mass is 10.4. The molecule has 0 radical (unpaired) electrons. The third kappa shape index (κ3) is 2.31. The number of nitrogens with two attached hydrogens (primary N) is 1. The van der Waals surface area contributed by atoms with Crippen molar-refractivity contribution in [2.24, 2.45) is 0 Å². The van der Waals surface area contributed by atoms with Gasteiger partial charge in [0.05, 0.1) is 10.8 Å². The molecule has 0 aliphatic carbocycles. The summed E-state index contributed by atoms with van der Waals surface area (Å²) in [5.74, 6) is 0.967. The fraction of sp³-hybridized carbons (Fsp3) is 0.727. The lowest BCUT2D eigenvalue weighted by Crippen LogP contribution is -2.22. The molecule has 1 fully saturated rings. The van der Waals surface area contributed by atoms with Gasteiger partial charge in [-0.25, -0.2) is 4.68 Å². The highest BCUT2D eigenvalue weighted by molar-refractivity contribution is 7.84. The molecule has 2 rings (SSSR count). The molecule has 1 aromatic rings. The largest absolute Gasteiger partial charge is 0.393 e. The molecule has 17 heavy (non-hydrogen) atoms. The van der Waals surface area contributed by atoms with Crippen molar-refractivity contribution >= 4 is 22.3 Å². The third-order valence-corrected chi connectivity index (χ3v) is 3.89. The molecule has 1 unspecified atom stereocenters. The maximum absolute atomic E-state index is 11.6. The van der Waals surface area contributed by atoms with Crippen LogP contribution in [0.4, 0.5) is 11.5 Å². The maximum atomic E-state index is 11.6. The van der Waals surface area contributed by atoms with Crippen LogP contribution in [0.3, 0.4) is 0 Å². The Morgan fingerprint density at radius 3 is 2.59 bits per heavy atom. The van der Waals surface area contributed by atoms with E-state index in [1.807, 2.05) is 4.68 Å². The fourth-order valence-corrected chi connectivity index (χ4v) is 2.90. The molecule has 0 amide bonds. The maximum Gasteiger partial charge on any atom is 0.174 e. The lowest BCUT2D eigenvalue weighted by molar-refractivity contribution is 0.581. The number of aryl methyl sites for hydroxylation is 1. The van der Waals surface area contributed by atoms with Crippen LogP contribution in [0, 0.1) is 0 Å². The van der Waals surface area contributed by atoms with Crippen molar-refractivity contribution in [3.63, 3.8) is 0 Å². The minimum Gasteiger partial charge on any atom is -0.393 e. The molecule has 1 aromatic heterocycles. The van der Waals surface area contributed by atoms with Crippen LogP contribution in [0.2, 0.25) is 0 Å². The van der Waals surface area contributed by atoms with Gasteiger partial charge in [-0.05, 0) is 19.3 Å². The van der Waals surface area contributed by atoms with Gasteiger partial charge in [0.1, 0.15) is 5.69 Å². The van der Waals surface area contributed by atoms with Gasteiger partial charge in [-0.15, -0.1) is 0 Å². The van der Waals surface area contributed by atoms with Gasteiger partial charge in [0.25, 0.3) is 0 Å². The monoisotopic (exact) mass is 256 g/mol. The topological polar surface area (TPSA) is 64.1 Å². The van der Waals surface area contributed by atoms with Crippen LogP contribution in [-0.4, -0.2) is 33.3 Å². The van der Waals surface area contributed by atoms with E-state index in [1.54, 1.807) is 6.26 Å². The molecule has 6 heteroatoms. The van der Waals surface area contributed by atoms with Crippen LogP contribution in [0.1, 0.15) is 26.2 Å². The molecular weight excluding hydrogens is 236 g/mol. The molecule has 1 aliphatic rings. The first-order valence-electron chi connectivity index (χ1n) is 6.09. The summed E-state index contributed by atoms with van der Waals surface area (Å²) in [5.41, 5.74) is 6.70. The zero-order valence-electron chi connectivity index (χ0n) is 10.5. The highest BCUT2D eigenvalue weighted by atomic mass is 32.2. The SMILES string of the molecule is CCCn1nc(S(C)=O)c(N)c1N1CCCC1. The Morgan fingerprint density at radius 2 is 2.06 bits per heavy atom. The van der Waals surface area contributed by atoms with Crippen LogP contribution in [0.25, 0.3) is 0 Å². The summed E-state index contributed by atoms with van der Waals surface area (Å²) in [7, 11) is -1.12. The quantitative estimate of drug-likeness (QED) is 0.879. The second-order valence-electron chi connectivity index (χ2n) is 4.41. The number of hydrogen-bond acceptors (Lipinski definition) is 4. The lowest BCUT2D eigenvalue weighted by Gasteiger charge is -2.19. The Bertz CT molecular complexity index is 423. The van der Waals surface area contributed by atoms with Gasteiger partial charge in [0.2, 0.25) is 0 Å². The van der Waals surface area contributed by atoms with Gasteiger partial charge >= 0.3 is 0 Å². The number of aromatic nitrogens is 2. The van der Waals surface area contributed by atoms with Crippen molar-refractivity contribution in [2.75, 3.05) is 30.0 Å². The Balaban J connectivity index is 2.42. The number of nitrogens with zero attached hydrogens (tertiary/aromatic N) is 3. The van der Waals surface area contributed by atoms with Crippen molar-refractivity contribution in [1.82, 2.24) is 9.78 Å². The summed E-state index contributed by atoms with van der Waals surface area (Å²) >= 11 is 0. The van der Waals surface area contributed by atoms with Crippen molar-refractivity contribution in [1.29, 1.82) is 0 Å². The van der Waals surface area contributed by atoms with Gasteiger partial charge in [-0.2, -0.15) is 5.10 Å². The summed E-state index contributed by atoms with van der Waals surface area (Å²) in [5, 5.41) is 4.92. The molecule has 0 spiro atoms. The second-order valence-corrected chi connectivity index (χ2v) is 5.71. The summed E-state index contributed by atoms with van der Waals surface area (Å²) in [4.78, 5) is 2.26. The fourth-order valence-electron chi connectivity index (χ4n) is 2.29. The normalized spacial score (nSPS) is 17.6. The van der Waals surface area contributed by atoms with E-state index in [4.69, 9.17) is 5.73 Å².